The van der Waals surface area contributed by atoms with Crippen molar-refractivity contribution in [3.05, 3.63) is 58.0 Å². The third kappa shape index (κ3) is 13.0. The number of allylic oxidation sites excluding steroid dienone is 2. The molecule has 0 aliphatic carbocycles. The monoisotopic (exact) mass is 484 g/mol. The van der Waals surface area contributed by atoms with E-state index in [1.54, 1.807) is 14.0 Å². The summed E-state index contributed by atoms with van der Waals surface area (Å²) in [5.74, 6) is -0.349. The third-order valence-electron chi connectivity index (χ3n) is 5.64. The molecule has 0 aliphatic rings. The number of carbonyl (C=O) groups excluding carboxylic acids is 2. The molecular weight excluding hydrogens is 436 g/mol. The van der Waals surface area contributed by atoms with Gasteiger partial charge in [0, 0.05) is 19.7 Å². The number of rotatable bonds is 11. The average Bonchev–Trinajstić information content (AvgIpc) is 2.87. The molecule has 1 atom stereocenters. The molecule has 0 saturated heterocycles. The zero-order valence-corrected chi connectivity index (χ0v) is 23.3. The van der Waals surface area contributed by atoms with Crippen LogP contribution in [0.25, 0.3) is 11.6 Å². The van der Waals surface area contributed by atoms with Crippen LogP contribution in [0.15, 0.2) is 42.0 Å². The second kappa shape index (κ2) is 20.6. The largest absolute Gasteiger partial charge is 0.400 e. The maximum Gasteiger partial charge on any atom is 0.227 e. The van der Waals surface area contributed by atoms with E-state index < -0.39 is 0 Å². The standard InChI is InChI=1S/C23H32N2O2.C6H12.CH4O/c1-7-16(4)20-11-10-18(17(5)26)13-19(20)14-22(15(2)3)21(9-8-12-24)23(27)25-6;1-3-5-6-4-2;1-2/h10-14,21,24H,7-9H2,1-6H3,(H,25,27);3H,1,4-6H2,2H3;2H,1H3/b19-14-,20-16+,24-12?;;. The molecule has 3 N–H and O–H groups in total. The Labute approximate surface area is 213 Å². The number of benzene rings is 1. The first-order chi connectivity index (χ1) is 16.7. The van der Waals surface area contributed by atoms with Gasteiger partial charge in [-0.25, -0.2) is 0 Å². The molecule has 1 rings (SSSR count). The molecule has 0 aliphatic heterocycles. The topological polar surface area (TPSA) is 90.2 Å². The molecule has 5 nitrogen and oxygen atoms in total. The van der Waals surface area contributed by atoms with Crippen molar-refractivity contribution < 1.29 is 14.7 Å². The number of hydrogen-bond acceptors (Lipinski definition) is 4. The molecule has 0 spiro atoms. The fourth-order valence-corrected chi connectivity index (χ4v) is 3.44. The van der Waals surface area contributed by atoms with Gasteiger partial charge in [0.25, 0.3) is 0 Å². The van der Waals surface area contributed by atoms with Crippen LogP contribution in [-0.4, -0.2) is 37.2 Å². The second-order valence-electron chi connectivity index (χ2n) is 8.47. The van der Waals surface area contributed by atoms with Gasteiger partial charge in [0.1, 0.15) is 0 Å². The highest BCUT2D eigenvalue weighted by Crippen LogP contribution is 2.22. The normalized spacial score (nSPS) is 12.1. The fraction of sp³-hybridized carbons (Fsp3) is 0.500. The Kier molecular flexibility index (Phi) is 20.2. The van der Waals surface area contributed by atoms with Crippen LogP contribution >= 0.6 is 0 Å². The molecule has 0 bridgehead atoms. The van der Waals surface area contributed by atoms with Crippen molar-refractivity contribution in [2.24, 2.45) is 5.92 Å². The Balaban J connectivity index is 0. The molecule has 1 unspecified atom stereocenters. The van der Waals surface area contributed by atoms with Gasteiger partial charge < -0.3 is 15.8 Å². The highest BCUT2D eigenvalue weighted by Gasteiger charge is 2.21. The summed E-state index contributed by atoms with van der Waals surface area (Å²) in [5.41, 5.74) is 3.91. The number of hydrogen-bond donors (Lipinski definition) is 3. The van der Waals surface area contributed by atoms with Crippen molar-refractivity contribution in [1.82, 2.24) is 5.32 Å². The first-order valence-corrected chi connectivity index (χ1v) is 12.4. The predicted octanol–water partition coefficient (Wildman–Crippen LogP) is 5.35. The van der Waals surface area contributed by atoms with Crippen LogP contribution in [0.1, 0.15) is 90.4 Å². The summed E-state index contributed by atoms with van der Waals surface area (Å²) >= 11 is 0. The summed E-state index contributed by atoms with van der Waals surface area (Å²) in [6.07, 6.45) is 11.1. The summed E-state index contributed by atoms with van der Waals surface area (Å²) in [6, 6.07) is 5.77. The summed E-state index contributed by atoms with van der Waals surface area (Å²) in [5, 5.41) is 19.1. The van der Waals surface area contributed by atoms with Gasteiger partial charge in [-0.05, 0) is 81.7 Å². The zero-order valence-electron chi connectivity index (χ0n) is 23.3. The highest BCUT2D eigenvalue weighted by molar-refractivity contribution is 5.94. The van der Waals surface area contributed by atoms with Crippen molar-refractivity contribution in [2.75, 3.05) is 14.2 Å². The first kappa shape index (κ1) is 34.4. The van der Waals surface area contributed by atoms with Gasteiger partial charge in [-0.15, -0.1) is 6.58 Å². The van der Waals surface area contributed by atoms with Crippen LogP contribution in [-0.2, 0) is 4.79 Å². The SMILES string of the molecule is C=CCCCC.CC/C(C)=c1\ccc(C(C)=O)c\c1=C\C(=C(C)C)C(CCC=N)C(=O)NC.CO. The summed E-state index contributed by atoms with van der Waals surface area (Å²) in [6.45, 7) is 15.5. The molecule has 1 aromatic rings. The van der Waals surface area contributed by atoms with E-state index in [2.05, 4.69) is 32.7 Å². The molecule has 0 aromatic heterocycles. The van der Waals surface area contributed by atoms with Crippen LogP contribution in [0.5, 0.6) is 0 Å². The van der Waals surface area contributed by atoms with E-state index in [9.17, 15) is 9.59 Å². The minimum Gasteiger partial charge on any atom is -0.400 e. The number of amides is 1. The smallest absolute Gasteiger partial charge is 0.227 e. The minimum atomic E-state index is -0.322. The number of ketones is 1. The van der Waals surface area contributed by atoms with Crippen molar-refractivity contribution in [3.63, 3.8) is 0 Å². The van der Waals surface area contributed by atoms with E-state index in [-0.39, 0.29) is 17.6 Å². The Morgan fingerprint density at radius 2 is 1.74 bits per heavy atom. The van der Waals surface area contributed by atoms with Crippen molar-refractivity contribution in [1.29, 1.82) is 5.41 Å². The van der Waals surface area contributed by atoms with Gasteiger partial charge >= 0.3 is 0 Å². The van der Waals surface area contributed by atoms with E-state index in [1.165, 1.54) is 31.1 Å². The van der Waals surface area contributed by atoms with E-state index >= 15 is 0 Å². The highest BCUT2D eigenvalue weighted by atomic mass is 16.2. The minimum absolute atomic E-state index is 0.0239. The number of unbranched alkanes of at least 4 members (excludes halogenated alkanes) is 2. The molecule has 35 heavy (non-hydrogen) atoms. The van der Waals surface area contributed by atoms with Gasteiger partial charge in [-0.3, -0.25) is 9.59 Å². The number of aliphatic hydroxyl groups excluding tert-OH is 1. The molecule has 196 valence electrons. The Bertz CT molecular complexity index is 954. The first-order valence-electron chi connectivity index (χ1n) is 12.4. The summed E-state index contributed by atoms with van der Waals surface area (Å²) in [4.78, 5) is 24.4. The lowest BCUT2D eigenvalue weighted by Gasteiger charge is -2.18. The van der Waals surface area contributed by atoms with Gasteiger partial charge in [-0.2, -0.15) is 0 Å². The summed E-state index contributed by atoms with van der Waals surface area (Å²) < 4.78 is 0. The molecular formula is C30H48N2O3. The zero-order chi connectivity index (χ0) is 27.4. The van der Waals surface area contributed by atoms with Crippen molar-refractivity contribution in [3.8, 4) is 0 Å². The number of nitrogens with one attached hydrogen (secondary N) is 2. The van der Waals surface area contributed by atoms with Gasteiger partial charge in [0.2, 0.25) is 5.91 Å². The lowest BCUT2D eigenvalue weighted by atomic mass is 9.88. The van der Waals surface area contributed by atoms with Gasteiger partial charge in [0.15, 0.2) is 5.78 Å². The lowest BCUT2D eigenvalue weighted by Crippen LogP contribution is -2.32. The van der Waals surface area contributed by atoms with Crippen LogP contribution in [0.4, 0.5) is 0 Å². The molecule has 1 amide bonds. The molecule has 0 saturated carbocycles. The van der Waals surface area contributed by atoms with Gasteiger partial charge in [0.05, 0.1) is 5.92 Å². The summed E-state index contributed by atoms with van der Waals surface area (Å²) in [7, 11) is 2.64. The Hall–Kier alpha value is -2.79. The van der Waals surface area contributed by atoms with Crippen LogP contribution < -0.4 is 15.8 Å². The maximum atomic E-state index is 12.5. The maximum absolute atomic E-state index is 12.5. The quantitative estimate of drug-likeness (QED) is 0.171. The number of carbonyl (C=O) groups is 2. The predicted molar refractivity (Wildman–Crippen MR) is 151 cm³/mol. The third-order valence-corrected chi connectivity index (χ3v) is 5.64. The van der Waals surface area contributed by atoms with Crippen LogP contribution in [0.3, 0.4) is 0 Å². The van der Waals surface area contributed by atoms with Crippen molar-refractivity contribution >= 4 is 29.6 Å². The van der Waals surface area contributed by atoms with Crippen LogP contribution in [0, 0.1) is 11.3 Å². The average molecular weight is 485 g/mol. The second-order valence-corrected chi connectivity index (χ2v) is 8.47. The Morgan fingerprint density at radius 1 is 1.11 bits per heavy atom. The fourth-order valence-electron chi connectivity index (χ4n) is 3.44. The number of aliphatic hydroxyl groups is 1. The van der Waals surface area contributed by atoms with E-state index in [0.717, 1.165) is 35.1 Å². The molecule has 1 aromatic carbocycles. The van der Waals surface area contributed by atoms with Gasteiger partial charge in [-0.1, -0.05) is 62.1 Å². The lowest BCUT2D eigenvalue weighted by molar-refractivity contribution is -0.123. The molecule has 0 heterocycles. The molecule has 0 radical (unpaired) electrons. The van der Waals surface area contributed by atoms with E-state index in [0.29, 0.717) is 18.4 Å². The van der Waals surface area contributed by atoms with E-state index in [1.807, 2.05) is 44.2 Å². The molecule has 5 heteroatoms. The Morgan fingerprint density at radius 3 is 2.14 bits per heavy atom. The van der Waals surface area contributed by atoms with Crippen molar-refractivity contribution in [2.45, 2.75) is 80.1 Å². The van der Waals surface area contributed by atoms with Crippen LogP contribution in [0.2, 0.25) is 0 Å². The number of Topliss-reactive ketones (excluding diaryl/α,β-unsaturated/α-hetero) is 1. The molecule has 0 fully saturated rings. The van der Waals surface area contributed by atoms with E-state index in [4.69, 9.17) is 10.5 Å².